The Morgan fingerprint density at radius 1 is 0.889 bits per heavy atom. The van der Waals surface area contributed by atoms with Crippen molar-refractivity contribution in [3.05, 3.63) is 52.6 Å². The normalized spacial score (nSPS) is 19.5. The van der Waals surface area contributed by atoms with E-state index in [0.717, 1.165) is 11.1 Å². The van der Waals surface area contributed by atoms with E-state index in [2.05, 4.69) is 19.1 Å². The fraction of sp³-hybridized carbons (Fsp3) is 0.353. The van der Waals surface area contributed by atoms with E-state index in [1.54, 1.807) is 0 Å². The lowest BCUT2D eigenvalue weighted by atomic mass is 9.69. The summed E-state index contributed by atoms with van der Waals surface area (Å²) in [5, 5.41) is 0. The van der Waals surface area contributed by atoms with E-state index in [0.29, 0.717) is 0 Å². The average Bonchev–Trinajstić information content (AvgIpc) is 2.36. The van der Waals surface area contributed by atoms with Crippen LogP contribution in [0.4, 0.5) is 0 Å². The highest BCUT2D eigenvalue weighted by Crippen LogP contribution is 2.43. The smallest absolute Gasteiger partial charge is 0.168 e. The molecule has 0 spiro atoms. The number of allylic oxidation sites excluding steroid dienone is 4. The van der Waals surface area contributed by atoms with Gasteiger partial charge in [-0.3, -0.25) is 4.79 Å². The summed E-state index contributed by atoms with van der Waals surface area (Å²) >= 11 is 0. The van der Waals surface area contributed by atoms with E-state index in [1.165, 1.54) is 16.7 Å². The molecule has 0 unspecified atom stereocenters. The van der Waals surface area contributed by atoms with Crippen LogP contribution in [0, 0.1) is 5.41 Å². The van der Waals surface area contributed by atoms with Gasteiger partial charge in [-0.05, 0) is 56.9 Å². The second kappa shape index (κ2) is 4.24. The highest BCUT2D eigenvalue weighted by Gasteiger charge is 2.37. The van der Waals surface area contributed by atoms with Crippen LogP contribution >= 0.6 is 0 Å². The van der Waals surface area contributed by atoms with Crippen molar-refractivity contribution >= 4 is 11.4 Å². The van der Waals surface area contributed by atoms with Gasteiger partial charge in [0.1, 0.15) is 0 Å². The monoisotopic (exact) mass is 240 g/mol. The minimum Gasteiger partial charge on any atom is -0.294 e. The predicted octanol–water partition coefficient (Wildman–Crippen LogP) is 4.41. The lowest BCUT2D eigenvalue weighted by Gasteiger charge is -2.33. The van der Waals surface area contributed by atoms with Crippen molar-refractivity contribution in [1.82, 2.24) is 0 Å². The first-order valence-electron chi connectivity index (χ1n) is 6.36. The van der Waals surface area contributed by atoms with Gasteiger partial charge < -0.3 is 0 Å². The molecule has 1 aromatic rings. The molecule has 0 heterocycles. The summed E-state index contributed by atoms with van der Waals surface area (Å²) in [5.41, 5.74) is 5.22. The first-order chi connectivity index (χ1) is 8.37. The van der Waals surface area contributed by atoms with Crippen LogP contribution in [-0.2, 0) is 4.79 Å². The maximum atomic E-state index is 12.4. The molecule has 0 fully saturated rings. The molecule has 1 heteroatoms. The van der Waals surface area contributed by atoms with Crippen LogP contribution < -0.4 is 0 Å². The summed E-state index contributed by atoms with van der Waals surface area (Å²) in [6.07, 6.45) is 0. The number of rotatable bonds is 1. The molecule has 1 nitrogen and oxygen atoms in total. The topological polar surface area (TPSA) is 17.1 Å². The van der Waals surface area contributed by atoms with Crippen LogP contribution in [0.1, 0.15) is 40.2 Å². The number of carbonyl (C=O) groups excluding carboxylic acids is 1. The fourth-order valence-electron chi connectivity index (χ4n) is 2.63. The number of hydrogen-bond acceptors (Lipinski definition) is 1. The lowest BCUT2D eigenvalue weighted by Crippen LogP contribution is -2.31. The SMILES string of the molecule is CC1=C(C)C(c2ccccc2)=C(C)C(C)(C)C1=O. The maximum Gasteiger partial charge on any atom is 0.168 e. The molecule has 0 bridgehead atoms. The molecule has 94 valence electrons. The molecule has 1 aliphatic carbocycles. The van der Waals surface area contributed by atoms with Gasteiger partial charge in [0.25, 0.3) is 0 Å². The standard InChI is InChI=1S/C17H20O/c1-11-12(2)16(18)17(4,5)13(3)15(11)14-9-7-6-8-10-14/h6-10H,1-5H3. The van der Waals surface area contributed by atoms with Gasteiger partial charge >= 0.3 is 0 Å². The van der Waals surface area contributed by atoms with Crippen molar-refractivity contribution in [1.29, 1.82) is 0 Å². The first kappa shape index (κ1) is 12.8. The van der Waals surface area contributed by atoms with E-state index in [9.17, 15) is 4.79 Å². The quantitative estimate of drug-likeness (QED) is 0.710. The van der Waals surface area contributed by atoms with Crippen molar-refractivity contribution in [2.24, 2.45) is 5.41 Å². The summed E-state index contributed by atoms with van der Waals surface area (Å²) in [7, 11) is 0. The first-order valence-corrected chi connectivity index (χ1v) is 6.36. The van der Waals surface area contributed by atoms with Crippen molar-refractivity contribution in [2.45, 2.75) is 34.6 Å². The second-order valence-corrected chi connectivity index (χ2v) is 5.57. The Morgan fingerprint density at radius 3 is 2.00 bits per heavy atom. The van der Waals surface area contributed by atoms with E-state index in [1.807, 2.05) is 45.9 Å². The zero-order valence-corrected chi connectivity index (χ0v) is 11.8. The van der Waals surface area contributed by atoms with Crippen LogP contribution in [0.3, 0.4) is 0 Å². The van der Waals surface area contributed by atoms with Crippen LogP contribution in [0.5, 0.6) is 0 Å². The van der Waals surface area contributed by atoms with Crippen molar-refractivity contribution in [2.75, 3.05) is 0 Å². The molecule has 0 N–H and O–H groups in total. The summed E-state index contributed by atoms with van der Waals surface area (Å²) in [4.78, 5) is 12.4. The average molecular weight is 240 g/mol. The van der Waals surface area contributed by atoms with E-state index < -0.39 is 5.41 Å². The fourth-order valence-corrected chi connectivity index (χ4v) is 2.63. The van der Waals surface area contributed by atoms with Crippen LogP contribution in [-0.4, -0.2) is 5.78 Å². The Bertz CT molecular complexity index is 557. The molecule has 18 heavy (non-hydrogen) atoms. The Labute approximate surface area is 109 Å². The molecule has 0 saturated heterocycles. The largest absolute Gasteiger partial charge is 0.294 e. The molecular weight excluding hydrogens is 220 g/mol. The number of Topliss-reactive ketones (excluding diaryl/α,β-unsaturated/α-hetero) is 1. The van der Waals surface area contributed by atoms with Crippen molar-refractivity contribution in [3.63, 3.8) is 0 Å². The third kappa shape index (κ3) is 1.74. The van der Waals surface area contributed by atoms with E-state index >= 15 is 0 Å². The van der Waals surface area contributed by atoms with Crippen LogP contribution in [0.15, 0.2) is 47.1 Å². The number of carbonyl (C=O) groups is 1. The molecule has 1 aromatic carbocycles. The number of ketones is 1. The zero-order chi connectivity index (χ0) is 13.5. The van der Waals surface area contributed by atoms with Crippen LogP contribution in [0.2, 0.25) is 0 Å². The van der Waals surface area contributed by atoms with Crippen LogP contribution in [0.25, 0.3) is 5.57 Å². The van der Waals surface area contributed by atoms with E-state index in [-0.39, 0.29) is 5.78 Å². The molecule has 0 radical (unpaired) electrons. The maximum absolute atomic E-state index is 12.4. The Balaban J connectivity index is 2.72. The van der Waals surface area contributed by atoms with Gasteiger partial charge in [-0.1, -0.05) is 35.9 Å². The third-order valence-corrected chi connectivity index (χ3v) is 4.22. The summed E-state index contributed by atoms with van der Waals surface area (Å²) < 4.78 is 0. The minimum atomic E-state index is -0.394. The summed E-state index contributed by atoms with van der Waals surface area (Å²) in [5.74, 6) is 0.247. The Hall–Kier alpha value is -1.63. The third-order valence-electron chi connectivity index (χ3n) is 4.22. The Kier molecular flexibility index (Phi) is 3.02. The van der Waals surface area contributed by atoms with Gasteiger partial charge in [0, 0.05) is 5.41 Å². The minimum absolute atomic E-state index is 0.247. The van der Waals surface area contributed by atoms with Crippen molar-refractivity contribution in [3.8, 4) is 0 Å². The summed E-state index contributed by atoms with van der Waals surface area (Å²) in [6, 6.07) is 10.3. The van der Waals surface area contributed by atoms with Gasteiger partial charge in [0.05, 0.1) is 0 Å². The number of benzene rings is 1. The lowest BCUT2D eigenvalue weighted by molar-refractivity contribution is -0.121. The van der Waals surface area contributed by atoms with Crippen molar-refractivity contribution < 1.29 is 4.79 Å². The number of hydrogen-bond donors (Lipinski definition) is 0. The summed E-state index contributed by atoms with van der Waals surface area (Å²) in [6.45, 7) is 10.1. The molecule has 1 aliphatic rings. The molecule has 0 saturated carbocycles. The van der Waals surface area contributed by atoms with Gasteiger partial charge in [-0.2, -0.15) is 0 Å². The van der Waals surface area contributed by atoms with Gasteiger partial charge in [-0.25, -0.2) is 0 Å². The predicted molar refractivity (Wildman–Crippen MR) is 76.2 cm³/mol. The van der Waals surface area contributed by atoms with Gasteiger partial charge in [0.15, 0.2) is 5.78 Å². The molecule has 2 rings (SSSR count). The molecule has 0 aliphatic heterocycles. The molecule has 0 atom stereocenters. The highest BCUT2D eigenvalue weighted by molar-refractivity contribution is 6.09. The zero-order valence-electron chi connectivity index (χ0n) is 11.8. The highest BCUT2D eigenvalue weighted by atomic mass is 16.1. The molecule has 0 amide bonds. The van der Waals surface area contributed by atoms with E-state index in [4.69, 9.17) is 0 Å². The van der Waals surface area contributed by atoms with Gasteiger partial charge in [-0.15, -0.1) is 0 Å². The molecule has 0 aromatic heterocycles. The molecular formula is C17H20O. The Morgan fingerprint density at radius 2 is 1.44 bits per heavy atom. The van der Waals surface area contributed by atoms with Gasteiger partial charge in [0.2, 0.25) is 0 Å². The second-order valence-electron chi connectivity index (χ2n) is 5.57.